The van der Waals surface area contributed by atoms with Crippen LogP contribution in [0.2, 0.25) is 0 Å². The summed E-state index contributed by atoms with van der Waals surface area (Å²) in [6.45, 7) is 0. The fourth-order valence-corrected chi connectivity index (χ4v) is 1.22. The van der Waals surface area contributed by atoms with Gasteiger partial charge < -0.3 is 5.48 Å². The lowest BCUT2D eigenvalue weighted by atomic mass is 10.1. The lowest BCUT2D eigenvalue weighted by molar-refractivity contribution is 0.585. The maximum Gasteiger partial charge on any atom is 0.135 e. The molecular formula is C11H9F2NO. The molecule has 0 aliphatic carbocycles. The number of benzene rings is 1. The normalized spacial score (nSPS) is 9.47. The number of pyridine rings is 1. The van der Waals surface area contributed by atoms with Gasteiger partial charge in [-0.3, -0.25) is 4.98 Å². The highest BCUT2D eigenvalue weighted by atomic mass is 19.1. The van der Waals surface area contributed by atoms with Crippen LogP contribution in [0.5, 0.6) is 0 Å². The first-order valence-electron chi connectivity index (χ1n) is 4.14. The van der Waals surface area contributed by atoms with Crippen molar-refractivity contribution in [3.8, 4) is 11.3 Å². The predicted octanol–water partition coefficient (Wildman–Crippen LogP) is 2.20. The Kier molecular flexibility index (Phi) is 3.46. The van der Waals surface area contributed by atoms with Crippen molar-refractivity contribution in [1.82, 2.24) is 4.98 Å². The molecule has 0 aliphatic rings. The topological polar surface area (TPSA) is 44.4 Å². The van der Waals surface area contributed by atoms with E-state index in [1.807, 2.05) is 0 Å². The third kappa shape index (κ3) is 2.35. The van der Waals surface area contributed by atoms with Gasteiger partial charge in [-0.05, 0) is 24.3 Å². The minimum absolute atomic E-state index is 0. The molecular weight excluding hydrogens is 200 g/mol. The van der Waals surface area contributed by atoms with E-state index in [0.29, 0.717) is 11.3 Å². The van der Waals surface area contributed by atoms with Crippen LogP contribution in [0.3, 0.4) is 0 Å². The summed E-state index contributed by atoms with van der Waals surface area (Å²) in [5.41, 5.74) is 0.817. The largest absolute Gasteiger partial charge is 0.412 e. The van der Waals surface area contributed by atoms with Gasteiger partial charge in [0, 0.05) is 17.8 Å². The molecule has 0 fully saturated rings. The van der Waals surface area contributed by atoms with E-state index in [4.69, 9.17) is 0 Å². The number of hydrogen-bond donors (Lipinski definition) is 0. The molecule has 0 saturated carbocycles. The maximum absolute atomic E-state index is 13.3. The monoisotopic (exact) mass is 209 g/mol. The highest BCUT2D eigenvalue weighted by molar-refractivity contribution is 5.59. The van der Waals surface area contributed by atoms with E-state index in [0.717, 1.165) is 6.07 Å². The smallest absolute Gasteiger partial charge is 0.135 e. The third-order valence-corrected chi connectivity index (χ3v) is 1.87. The molecule has 4 heteroatoms. The molecule has 2 N–H and O–H groups in total. The van der Waals surface area contributed by atoms with E-state index in [2.05, 4.69) is 4.98 Å². The van der Waals surface area contributed by atoms with Crippen LogP contribution in [0.4, 0.5) is 8.78 Å². The highest BCUT2D eigenvalue weighted by Crippen LogP contribution is 2.20. The van der Waals surface area contributed by atoms with Crippen LogP contribution in [-0.2, 0) is 0 Å². The van der Waals surface area contributed by atoms with Gasteiger partial charge in [0.2, 0.25) is 0 Å². The van der Waals surface area contributed by atoms with Gasteiger partial charge in [-0.15, -0.1) is 0 Å². The minimum Gasteiger partial charge on any atom is -0.412 e. The Labute approximate surface area is 85.5 Å². The Morgan fingerprint density at radius 2 is 1.80 bits per heavy atom. The quantitative estimate of drug-likeness (QED) is 0.710. The number of halogens is 2. The molecule has 1 heterocycles. The number of rotatable bonds is 1. The third-order valence-electron chi connectivity index (χ3n) is 1.87. The molecule has 1 aromatic heterocycles. The summed E-state index contributed by atoms with van der Waals surface area (Å²) in [5, 5.41) is 0. The molecule has 0 aliphatic heterocycles. The van der Waals surface area contributed by atoms with Crippen molar-refractivity contribution in [3.63, 3.8) is 0 Å². The Balaban J connectivity index is 0.00000112. The summed E-state index contributed by atoms with van der Waals surface area (Å²) in [4.78, 5) is 3.98. The van der Waals surface area contributed by atoms with Crippen LogP contribution in [0.25, 0.3) is 11.3 Å². The summed E-state index contributed by atoms with van der Waals surface area (Å²) >= 11 is 0. The van der Waals surface area contributed by atoms with Gasteiger partial charge in [-0.1, -0.05) is 6.07 Å². The predicted molar refractivity (Wildman–Crippen MR) is 53.2 cm³/mol. The van der Waals surface area contributed by atoms with Crippen LogP contribution < -0.4 is 0 Å². The highest BCUT2D eigenvalue weighted by Gasteiger charge is 2.05. The van der Waals surface area contributed by atoms with Crippen molar-refractivity contribution in [3.05, 3.63) is 54.2 Å². The first-order chi connectivity index (χ1) is 6.77. The lowest BCUT2D eigenvalue weighted by Crippen LogP contribution is -1.88. The maximum atomic E-state index is 13.3. The van der Waals surface area contributed by atoms with Crippen molar-refractivity contribution in [2.75, 3.05) is 0 Å². The zero-order valence-corrected chi connectivity index (χ0v) is 7.74. The van der Waals surface area contributed by atoms with Gasteiger partial charge in [0.1, 0.15) is 11.6 Å². The zero-order valence-electron chi connectivity index (χ0n) is 7.74. The molecule has 2 nitrogen and oxygen atoms in total. The van der Waals surface area contributed by atoms with E-state index in [1.165, 1.54) is 12.1 Å². The van der Waals surface area contributed by atoms with Crippen LogP contribution in [0.15, 0.2) is 42.6 Å². The van der Waals surface area contributed by atoms with Crippen LogP contribution in [-0.4, -0.2) is 10.5 Å². The zero-order chi connectivity index (χ0) is 9.97. The fourth-order valence-electron chi connectivity index (χ4n) is 1.22. The van der Waals surface area contributed by atoms with Crippen LogP contribution in [0, 0.1) is 11.6 Å². The summed E-state index contributed by atoms with van der Waals surface area (Å²) in [6.07, 6.45) is 1.57. The number of hydrogen-bond acceptors (Lipinski definition) is 1. The summed E-state index contributed by atoms with van der Waals surface area (Å²) < 4.78 is 25.9. The van der Waals surface area contributed by atoms with Gasteiger partial charge in [0.15, 0.2) is 0 Å². The average molecular weight is 209 g/mol. The Bertz CT molecular complexity index is 446. The molecule has 2 aromatic rings. The van der Waals surface area contributed by atoms with Crippen molar-refractivity contribution in [2.45, 2.75) is 0 Å². The lowest BCUT2D eigenvalue weighted by Gasteiger charge is -2.01. The van der Waals surface area contributed by atoms with E-state index >= 15 is 0 Å². The molecule has 15 heavy (non-hydrogen) atoms. The Hall–Kier alpha value is -1.81. The molecule has 0 radical (unpaired) electrons. The van der Waals surface area contributed by atoms with Gasteiger partial charge in [0.05, 0.1) is 5.69 Å². The molecule has 0 saturated heterocycles. The van der Waals surface area contributed by atoms with Gasteiger partial charge >= 0.3 is 0 Å². The summed E-state index contributed by atoms with van der Waals surface area (Å²) in [5.74, 6) is -1.18. The molecule has 0 atom stereocenters. The molecule has 78 valence electrons. The van der Waals surface area contributed by atoms with Crippen molar-refractivity contribution in [1.29, 1.82) is 0 Å². The molecule has 2 rings (SSSR count). The second kappa shape index (κ2) is 4.61. The van der Waals surface area contributed by atoms with E-state index < -0.39 is 11.6 Å². The first kappa shape index (κ1) is 11.3. The molecule has 0 unspecified atom stereocenters. The average Bonchev–Trinajstić information content (AvgIpc) is 2.19. The SMILES string of the molecule is Fc1ccc(-c2ccccn2)c(F)c1.O. The van der Waals surface area contributed by atoms with E-state index in [9.17, 15) is 8.78 Å². The standard InChI is InChI=1S/C11H7F2N.H2O/c12-8-4-5-9(10(13)7-8)11-3-1-2-6-14-11;/h1-7H;1H2. The van der Waals surface area contributed by atoms with Gasteiger partial charge in [-0.25, -0.2) is 8.78 Å². The number of aromatic nitrogens is 1. The molecule has 0 bridgehead atoms. The van der Waals surface area contributed by atoms with E-state index in [1.54, 1.807) is 24.4 Å². The van der Waals surface area contributed by atoms with E-state index in [-0.39, 0.29) is 5.48 Å². The van der Waals surface area contributed by atoms with Crippen molar-refractivity contribution in [2.24, 2.45) is 0 Å². The molecule has 1 aromatic carbocycles. The van der Waals surface area contributed by atoms with Gasteiger partial charge in [0.25, 0.3) is 0 Å². The Morgan fingerprint density at radius 3 is 2.40 bits per heavy atom. The number of nitrogens with zero attached hydrogens (tertiary/aromatic N) is 1. The summed E-state index contributed by atoms with van der Waals surface area (Å²) in [7, 11) is 0. The summed E-state index contributed by atoms with van der Waals surface area (Å²) in [6, 6.07) is 8.62. The minimum atomic E-state index is -0.594. The Morgan fingerprint density at radius 1 is 1.00 bits per heavy atom. The van der Waals surface area contributed by atoms with Gasteiger partial charge in [-0.2, -0.15) is 0 Å². The van der Waals surface area contributed by atoms with Crippen molar-refractivity contribution >= 4 is 0 Å². The van der Waals surface area contributed by atoms with Crippen LogP contribution in [0.1, 0.15) is 0 Å². The molecule has 0 spiro atoms. The van der Waals surface area contributed by atoms with Crippen molar-refractivity contribution < 1.29 is 14.3 Å². The second-order valence-electron chi connectivity index (χ2n) is 2.84. The van der Waals surface area contributed by atoms with Crippen LogP contribution >= 0.6 is 0 Å². The second-order valence-corrected chi connectivity index (χ2v) is 2.84. The first-order valence-corrected chi connectivity index (χ1v) is 4.14. The fraction of sp³-hybridized carbons (Fsp3) is 0. The molecule has 0 amide bonds.